The van der Waals surface area contributed by atoms with Crippen LogP contribution in [0.5, 0.6) is 0 Å². The van der Waals surface area contributed by atoms with Crippen LogP contribution in [0, 0.1) is 6.92 Å². The molecule has 3 rings (SSSR count). The molecule has 1 aromatic heterocycles. The van der Waals surface area contributed by atoms with Crippen molar-refractivity contribution in [1.29, 1.82) is 0 Å². The van der Waals surface area contributed by atoms with Crippen LogP contribution in [0.15, 0.2) is 36.7 Å². The fourth-order valence-electron chi connectivity index (χ4n) is 2.97. The van der Waals surface area contributed by atoms with Crippen molar-refractivity contribution in [1.82, 2.24) is 24.9 Å². The van der Waals surface area contributed by atoms with Crippen LogP contribution in [0.1, 0.15) is 17.5 Å². The first-order valence-corrected chi connectivity index (χ1v) is 9.05. The van der Waals surface area contributed by atoms with Crippen molar-refractivity contribution in [3.8, 4) is 5.69 Å². The molecule has 0 saturated carbocycles. The number of amides is 3. The summed E-state index contributed by atoms with van der Waals surface area (Å²) in [4.78, 5) is 27.0. The van der Waals surface area contributed by atoms with Crippen molar-refractivity contribution < 1.29 is 14.3 Å². The van der Waals surface area contributed by atoms with Crippen LogP contribution in [0.2, 0.25) is 0 Å². The number of nitrogens with zero attached hydrogens (tertiary/aromatic N) is 4. The van der Waals surface area contributed by atoms with E-state index in [0.29, 0.717) is 32.8 Å². The number of hydrogen-bond donors (Lipinski definition) is 1. The Labute approximate surface area is 158 Å². The Hall–Kier alpha value is -3.03. The van der Waals surface area contributed by atoms with Gasteiger partial charge in [0.1, 0.15) is 0 Å². The molecule has 0 aliphatic carbocycles. The maximum Gasteiger partial charge on any atom is 0.409 e. The summed E-state index contributed by atoms with van der Waals surface area (Å²) in [6.45, 7) is 4.46. The summed E-state index contributed by atoms with van der Waals surface area (Å²) < 4.78 is 6.79. The highest BCUT2D eigenvalue weighted by molar-refractivity contribution is 5.74. The van der Waals surface area contributed by atoms with Crippen LogP contribution in [0.4, 0.5) is 9.59 Å². The first-order valence-electron chi connectivity index (χ1n) is 9.05. The van der Waals surface area contributed by atoms with E-state index in [1.807, 2.05) is 42.1 Å². The van der Waals surface area contributed by atoms with Crippen LogP contribution >= 0.6 is 0 Å². The van der Waals surface area contributed by atoms with Crippen LogP contribution in [-0.4, -0.2) is 65.0 Å². The van der Waals surface area contributed by atoms with E-state index in [-0.39, 0.29) is 12.1 Å². The summed E-state index contributed by atoms with van der Waals surface area (Å²) in [7, 11) is 1.73. The minimum atomic E-state index is -0.313. The van der Waals surface area contributed by atoms with E-state index in [9.17, 15) is 9.59 Å². The Morgan fingerprint density at radius 1 is 1.37 bits per heavy atom. The molecule has 0 radical (unpaired) electrons. The van der Waals surface area contributed by atoms with Crippen molar-refractivity contribution >= 4 is 12.1 Å². The first-order chi connectivity index (χ1) is 13.0. The quantitative estimate of drug-likeness (QED) is 0.844. The van der Waals surface area contributed by atoms with Gasteiger partial charge in [-0.3, -0.25) is 0 Å². The third-order valence-electron chi connectivity index (χ3n) is 4.48. The zero-order valence-electron chi connectivity index (χ0n) is 15.7. The van der Waals surface area contributed by atoms with Gasteiger partial charge < -0.3 is 19.9 Å². The van der Waals surface area contributed by atoms with E-state index in [1.54, 1.807) is 23.0 Å². The van der Waals surface area contributed by atoms with Crippen LogP contribution in [0.25, 0.3) is 5.69 Å². The topological polar surface area (TPSA) is 79.7 Å². The number of cyclic esters (lactones) is 1. The number of aromatic nitrogens is 2. The van der Waals surface area contributed by atoms with Crippen molar-refractivity contribution in [3.05, 3.63) is 47.8 Å². The minimum absolute atomic E-state index is 0.191. The second kappa shape index (κ2) is 8.57. The third kappa shape index (κ3) is 4.78. The molecule has 144 valence electrons. The average Bonchev–Trinajstić information content (AvgIpc) is 3.11. The Morgan fingerprint density at radius 2 is 2.19 bits per heavy atom. The first kappa shape index (κ1) is 18.8. The van der Waals surface area contributed by atoms with Gasteiger partial charge >= 0.3 is 12.1 Å². The molecule has 27 heavy (non-hydrogen) atoms. The number of benzene rings is 1. The molecule has 1 fully saturated rings. The number of rotatable bonds is 6. The highest BCUT2D eigenvalue weighted by Gasteiger charge is 2.19. The van der Waals surface area contributed by atoms with E-state index in [2.05, 4.69) is 10.4 Å². The van der Waals surface area contributed by atoms with Crippen LogP contribution < -0.4 is 5.32 Å². The second-order valence-electron chi connectivity index (χ2n) is 6.62. The van der Waals surface area contributed by atoms with E-state index in [0.717, 1.165) is 23.2 Å². The summed E-state index contributed by atoms with van der Waals surface area (Å²) >= 11 is 0. The summed E-state index contributed by atoms with van der Waals surface area (Å²) in [5.41, 5.74) is 3.09. The van der Waals surface area contributed by atoms with Crippen molar-refractivity contribution in [2.45, 2.75) is 19.9 Å². The van der Waals surface area contributed by atoms with Crippen LogP contribution in [-0.2, 0) is 11.3 Å². The highest BCUT2D eigenvalue weighted by Crippen LogP contribution is 2.14. The molecule has 1 aliphatic heterocycles. The molecule has 1 aromatic carbocycles. The van der Waals surface area contributed by atoms with Gasteiger partial charge in [-0.2, -0.15) is 5.10 Å². The standard InChI is InChI=1S/C19H25N5O3/c1-15-6-3-4-7-17(15)24-14-16(12-21-24)13-22(2)18(25)20-8-10-23-9-5-11-27-19(23)26/h3-4,6-7,12,14H,5,8-11,13H2,1-2H3,(H,20,25). The normalized spacial score (nSPS) is 14.0. The molecule has 3 amide bonds. The summed E-state index contributed by atoms with van der Waals surface area (Å²) in [5.74, 6) is 0. The molecule has 1 N–H and O–H groups in total. The van der Waals surface area contributed by atoms with Gasteiger partial charge in [-0.05, 0) is 25.0 Å². The summed E-state index contributed by atoms with van der Waals surface area (Å²) in [6, 6.07) is 7.82. The molecule has 1 aliphatic rings. The average molecular weight is 371 g/mol. The second-order valence-corrected chi connectivity index (χ2v) is 6.62. The van der Waals surface area contributed by atoms with E-state index in [1.165, 1.54) is 0 Å². The number of carbonyl (C=O) groups excluding carboxylic acids is 2. The van der Waals surface area contributed by atoms with Gasteiger partial charge in [0.15, 0.2) is 0 Å². The number of hydrogen-bond acceptors (Lipinski definition) is 4. The van der Waals surface area contributed by atoms with Crippen molar-refractivity contribution in [3.63, 3.8) is 0 Å². The van der Waals surface area contributed by atoms with Gasteiger partial charge in [-0.15, -0.1) is 0 Å². The number of nitrogens with one attached hydrogen (secondary N) is 1. The van der Waals surface area contributed by atoms with E-state index < -0.39 is 0 Å². The zero-order chi connectivity index (χ0) is 19.2. The molecule has 2 aromatic rings. The van der Waals surface area contributed by atoms with Gasteiger partial charge in [0.25, 0.3) is 0 Å². The number of urea groups is 1. The molecule has 2 heterocycles. The van der Waals surface area contributed by atoms with Gasteiger partial charge in [0.2, 0.25) is 0 Å². The zero-order valence-corrected chi connectivity index (χ0v) is 15.7. The lowest BCUT2D eigenvalue weighted by Gasteiger charge is -2.26. The fraction of sp³-hybridized carbons (Fsp3) is 0.421. The Balaban J connectivity index is 1.48. The van der Waals surface area contributed by atoms with Gasteiger partial charge in [-0.25, -0.2) is 14.3 Å². The maximum absolute atomic E-state index is 12.3. The largest absolute Gasteiger partial charge is 0.449 e. The lowest BCUT2D eigenvalue weighted by Crippen LogP contribution is -2.44. The number of carbonyl (C=O) groups is 2. The maximum atomic E-state index is 12.3. The lowest BCUT2D eigenvalue weighted by molar-refractivity contribution is 0.0733. The van der Waals surface area contributed by atoms with E-state index in [4.69, 9.17) is 4.74 Å². The molecule has 8 heteroatoms. The van der Waals surface area contributed by atoms with Gasteiger partial charge in [0, 0.05) is 38.4 Å². The number of para-hydroxylation sites is 1. The Morgan fingerprint density at radius 3 is 2.96 bits per heavy atom. The smallest absolute Gasteiger partial charge is 0.409 e. The van der Waals surface area contributed by atoms with E-state index >= 15 is 0 Å². The Kier molecular flexibility index (Phi) is 5.95. The molecule has 0 unspecified atom stereocenters. The lowest BCUT2D eigenvalue weighted by atomic mass is 10.2. The molecular weight excluding hydrogens is 346 g/mol. The predicted octanol–water partition coefficient (Wildman–Crippen LogP) is 2.16. The molecular formula is C19H25N5O3. The van der Waals surface area contributed by atoms with Crippen molar-refractivity contribution in [2.75, 3.05) is 33.3 Å². The predicted molar refractivity (Wildman–Crippen MR) is 101 cm³/mol. The molecule has 1 saturated heterocycles. The summed E-state index contributed by atoms with van der Waals surface area (Å²) in [5, 5.41) is 7.22. The molecule has 8 nitrogen and oxygen atoms in total. The number of ether oxygens (including phenoxy) is 1. The molecule has 0 atom stereocenters. The minimum Gasteiger partial charge on any atom is -0.449 e. The van der Waals surface area contributed by atoms with Gasteiger partial charge in [0.05, 0.1) is 25.0 Å². The van der Waals surface area contributed by atoms with Crippen molar-refractivity contribution in [2.24, 2.45) is 0 Å². The van der Waals surface area contributed by atoms with Crippen LogP contribution in [0.3, 0.4) is 0 Å². The fourth-order valence-corrected chi connectivity index (χ4v) is 2.97. The van der Waals surface area contributed by atoms with Gasteiger partial charge in [-0.1, -0.05) is 18.2 Å². The molecule has 0 bridgehead atoms. The summed E-state index contributed by atoms with van der Waals surface area (Å²) in [6.07, 6.45) is 4.20. The Bertz CT molecular complexity index is 804. The highest BCUT2D eigenvalue weighted by atomic mass is 16.6. The number of aryl methyl sites for hydroxylation is 1. The molecule has 0 spiro atoms. The third-order valence-corrected chi connectivity index (χ3v) is 4.48. The monoisotopic (exact) mass is 371 g/mol. The SMILES string of the molecule is Cc1ccccc1-n1cc(CN(C)C(=O)NCCN2CCCOC2=O)cn1.